The van der Waals surface area contributed by atoms with Crippen LogP contribution in [-0.4, -0.2) is 47.4 Å². The zero-order chi connectivity index (χ0) is 44.4. The Kier molecular flexibility index (Phi) is 49.1. The fraction of sp³-hybridized carbons (Fsp3) is 0.855. The molecule has 0 radical (unpaired) electrons. The van der Waals surface area contributed by atoms with Crippen LogP contribution in [-0.2, 0) is 14.3 Å². The molecule has 6 nitrogen and oxygen atoms in total. The van der Waals surface area contributed by atoms with Crippen LogP contribution in [0.1, 0.15) is 277 Å². The molecular formula is C55H103NO5. The molecule has 0 spiro atoms. The minimum atomic E-state index is -0.673. The summed E-state index contributed by atoms with van der Waals surface area (Å²) in [6, 6.07) is -0.552. The monoisotopic (exact) mass is 858 g/mol. The van der Waals surface area contributed by atoms with Gasteiger partial charge in [-0.2, -0.15) is 0 Å². The van der Waals surface area contributed by atoms with Crippen molar-refractivity contribution in [1.29, 1.82) is 0 Å². The lowest BCUT2D eigenvalue weighted by molar-refractivity contribution is -0.143. The normalized spacial score (nSPS) is 12.9. The molecule has 0 aliphatic carbocycles. The first-order chi connectivity index (χ1) is 30.0. The standard InChI is InChI=1S/C55H103NO5/c1-3-5-7-9-11-13-15-16-17-18-19-23-26-29-33-37-41-45-49-55(60)61-50-46-42-38-34-30-27-24-21-20-22-25-28-32-36-40-44-48-54(59)56-52(51-57)53(58)47-43-39-35-31-14-12-10-8-6-4-2/h13,15,17-18,20,22,52-53,57-58H,3-12,14,16,19,21,23-51H2,1-2H3,(H,56,59)/b15-13-,18-17-,22-20-. The molecule has 0 fully saturated rings. The maximum absolute atomic E-state index is 12.4. The Balaban J connectivity index is 3.45. The summed E-state index contributed by atoms with van der Waals surface area (Å²) in [5.74, 6) is -0.0656. The molecule has 1 amide bonds. The Morgan fingerprint density at radius 2 is 0.820 bits per heavy atom. The fourth-order valence-corrected chi connectivity index (χ4v) is 8.02. The average Bonchev–Trinajstić information content (AvgIpc) is 3.26. The van der Waals surface area contributed by atoms with Crippen molar-refractivity contribution in [1.82, 2.24) is 5.32 Å². The average molecular weight is 858 g/mol. The van der Waals surface area contributed by atoms with E-state index in [4.69, 9.17) is 4.74 Å². The van der Waals surface area contributed by atoms with E-state index in [0.29, 0.717) is 25.9 Å². The van der Waals surface area contributed by atoms with Crippen LogP contribution >= 0.6 is 0 Å². The van der Waals surface area contributed by atoms with Crippen LogP contribution in [0.2, 0.25) is 0 Å². The number of unbranched alkanes of at least 4 members (excludes halogenated alkanes) is 32. The zero-order valence-corrected chi connectivity index (χ0v) is 40.6. The number of aliphatic hydroxyl groups excluding tert-OH is 2. The van der Waals surface area contributed by atoms with Gasteiger partial charge < -0.3 is 20.3 Å². The topological polar surface area (TPSA) is 95.9 Å². The smallest absolute Gasteiger partial charge is 0.305 e. The van der Waals surface area contributed by atoms with Crippen LogP contribution in [0.3, 0.4) is 0 Å². The largest absolute Gasteiger partial charge is 0.466 e. The lowest BCUT2D eigenvalue weighted by Gasteiger charge is -2.22. The number of carbonyl (C=O) groups excluding carboxylic acids is 2. The second-order valence-corrected chi connectivity index (χ2v) is 18.2. The van der Waals surface area contributed by atoms with Crippen molar-refractivity contribution in [2.45, 2.75) is 289 Å². The molecule has 6 heteroatoms. The highest BCUT2D eigenvalue weighted by atomic mass is 16.5. The molecule has 0 bridgehead atoms. The van der Waals surface area contributed by atoms with Gasteiger partial charge in [-0.25, -0.2) is 0 Å². The molecule has 2 atom stereocenters. The molecule has 0 aliphatic heterocycles. The molecule has 0 heterocycles. The predicted molar refractivity (Wildman–Crippen MR) is 264 cm³/mol. The third-order valence-electron chi connectivity index (χ3n) is 12.2. The maximum atomic E-state index is 12.4. The van der Waals surface area contributed by atoms with Gasteiger partial charge in [-0.1, -0.05) is 217 Å². The SMILES string of the molecule is CCCCCC/C=C\C/C=C\CCCCCCCCCC(=O)OCCCCCCCCC/C=C\CCCCCCCC(=O)NC(CO)C(O)CCCCCCCCCCCC. The number of rotatable bonds is 49. The van der Waals surface area contributed by atoms with Crippen molar-refractivity contribution < 1.29 is 24.5 Å². The lowest BCUT2D eigenvalue weighted by atomic mass is 10.0. The van der Waals surface area contributed by atoms with Crippen LogP contribution in [0.15, 0.2) is 36.5 Å². The summed E-state index contributed by atoms with van der Waals surface area (Å²) >= 11 is 0. The molecule has 0 aromatic carbocycles. The van der Waals surface area contributed by atoms with Gasteiger partial charge >= 0.3 is 5.97 Å². The maximum Gasteiger partial charge on any atom is 0.305 e. The first kappa shape index (κ1) is 59.1. The molecule has 0 saturated heterocycles. The van der Waals surface area contributed by atoms with Gasteiger partial charge in [-0.15, -0.1) is 0 Å². The van der Waals surface area contributed by atoms with Gasteiger partial charge in [0.2, 0.25) is 5.91 Å². The van der Waals surface area contributed by atoms with Crippen LogP contribution in [0.4, 0.5) is 0 Å². The van der Waals surface area contributed by atoms with Crippen molar-refractivity contribution in [2.75, 3.05) is 13.2 Å². The number of amides is 1. The minimum absolute atomic E-state index is 0.0108. The van der Waals surface area contributed by atoms with E-state index in [1.807, 2.05) is 0 Å². The number of carbonyl (C=O) groups is 2. The number of esters is 1. The van der Waals surface area contributed by atoms with Gasteiger partial charge in [0.25, 0.3) is 0 Å². The molecule has 0 aromatic rings. The molecular weight excluding hydrogens is 755 g/mol. The molecule has 61 heavy (non-hydrogen) atoms. The summed E-state index contributed by atoms with van der Waals surface area (Å²) in [6.07, 6.45) is 61.2. The second-order valence-electron chi connectivity index (χ2n) is 18.2. The van der Waals surface area contributed by atoms with E-state index in [1.165, 1.54) is 173 Å². The van der Waals surface area contributed by atoms with Crippen LogP contribution in [0, 0.1) is 0 Å². The molecule has 358 valence electrons. The Hall–Kier alpha value is -1.92. The summed E-state index contributed by atoms with van der Waals surface area (Å²) in [6.45, 7) is 4.89. The number of allylic oxidation sites excluding steroid dienone is 6. The predicted octanol–water partition coefficient (Wildman–Crippen LogP) is 16.1. The van der Waals surface area contributed by atoms with Gasteiger partial charge in [0.15, 0.2) is 0 Å². The summed E-state index contributed by atoms with van der Waals surface area (Å²) in [5, 5.41) is 23.1. The van der Waals surface area contributed by atoms with Crippen molar-refractivity contribution >= 4 is 11.9 Å². The van der Waals surface area contributed by atoms with Crippen LogP contribution in [0.25, 0.3) is 0 Å². The first-order valence-electron chi connectivity index (χ1n) is 26.7. The highest BCUT2D eigenvalue weighted by Crippen LogP contribution is 2.15. The van der Waals surface area contributed by atoms with Gasteiger partial charge in [0, 0.05) is 12.8 Å². The Labute approximate surface area is 379 Å². The summed E-state index contributed by atoms with van der Waals surface area (Å²) in [4.78, 5) is 24.5. The molecule has 0 aliphatic rings. The third-order valence-corrected chi connectivity index (χ3v) is 12.2. The van der Waals surface area contributed by atoms with Crippen molar-refractivity contribution in [2.24, 2.45) is 0 Å². The number of nitrogens with one attached hydrogen (secondary N) is 1. The van der Waals surface area contributed by atoms with E-state index in [2.05, 4.69) is 55.6 Å². The molecule has 2 unspecified atom stereocenters. The summed E-state index contributed by atoms with van der Waals surface area (Å²) < 4.78 is 5.47. The van der Waals surface area contributed by atoms with Crippen molar-refractivity contribution in [3.05, 3.63) is 36.5 Å². The number of hydrogen-bond acceptors (Lipinski definition) is 5. The summed E-state index contributed by atoms with van der Waals surface area (Å²) in [5.41, 5.74) is 0. The second kappa shape index (κ2) is 50.7. The van der Waals surface area contributed by atoms with Gasteiger partial charge in [0.05, 0.1) is 25.4 Å². The Morgan fingerprint density at radius 3 is 1.28 bits per heavy atom. The molecule has 0 saturated carbocycles. The Bertz CT molecular complexity index is 993. The number of aliphatic hydroxyl groups is 2. The first-order valence-corrected chi connectivity index (χ1v) is 26.7. The van der Waals surface area contributed by atoms with Crippen LogP contribution < -0.4 is 5.32 Å². The van der Waals surface area contributed by atoms with Gasteiger partial charge in [-0.05, 0) is 83.5 Å². The number of hydrogen-bond donors (Lipinski definition) is 3. The highest BCUT2D eigenvalue weighted by molar-refractivity contribution is 5.76. The minimum Gasteiger partial charge on any atom is -0.466 e. The van der Waals surface area contributed by atoms with Crippen molar-refractivity contribution in [3.63, 3.8) is 0 Å². The van der Waals surface area contributed by atoms with Gasteiger partial charge in [-0.3, -0.25) is 9.59 Å². The van der Waals surface area contributed by atoms with E-state index in [0.717, 1.165) is 70.6 Å². The quantitative estimate of drug-likeness (QED) is 0.0322. The zero-order valence-electron chi connectivity index (χ0n) is 40.6. The third kappa shape index (κ3) is 47.4. The van der Waals surface area contributed by atoms with Crippen LogP contribution in [0.5, 0.6) is 0 Å². The van der Waals surface area contributed by atoms with E-state index in [1.54, 1.807) is 0 Å². The van der Waals surface area contributed by atoms with E-state index >= 15 is 0 Å². The van der Waals surface area contributed by atoms with Gasteiger partial charge in [0.1, 0.15) is 0 Å². The van der Waals surface area contributed by atoms with Crippen molar-refractivity contribution in [3.8, 4) is 0 Å². The highest BCUT2D eigenvalue weighted by Gasteiger charge is 2.20. The Morgan fingerprint density at radius 1 is 0.459 bits per heavy atom. The lowest BCUT2D eigenvalue weighted by Crippen LogP contribution is -2.45. The van der Waals surface area contributed by atoms with E-state index in [9.17, 15) is 19.8 Å². The fourth-order valence-electron chi connectivity index (χ4n) is 8.02. The van der Waals surface area contributed by atoms with E-state index < -0.39 is 12.1 Å². The molecule has 0 aromatic heterocycles. The number of ether oxygens (including phenoxy) is 1. The molecule has 3 N–H and O–H groups in total. The van der Waals surface area contributed by atoms with E-state index in [-0.39, 0.29) is 18.5 Å². The molecule has 0 rings (SSSR count). The summed E-state index contributed by atoms with van der Waals surface area (Å²) in [7, 11) is 0.